The molecule has 0 unspecified atom stereocenters. The number of benzene rings is 1. The molecule has 1 aliphatic rings. The molecule has 0 amide bonds. The van der Waals surface area contributed by atoms with Crippen LogP contribution in [0.15, 0.2) is 12.1 Å². The Balaban J connectivity index is 2.47. The van der Waals surface area contributed by atoms with E-state index >= 15 is 0 Å². The highest BCUT2D eigenvalue weighted by Crippen LogP contribution is 2.32. The fourth-order valence-corrected chi connectivity index (χ4v) is 1.69. The van der Waals surface area contributed by atoms with E-state index in [1.165, 1.54) is 0 Å². The van der Waals surface area contributed by atoms with Crippen molar-refractivity contribution in [2.24, 2.45) is 0 Å². The smallest absolute Gasteiger partial charge is 0.161 e. The van der Waals surface area contributed by atoms with Crippen LogP contribution in [-0.4, -0.2) is 19.0 Å². The van der Waals surface area contributed by atoms with Gasteiger partial charge in [-0.05, 0) is 31.5 Å². The second-order valence-corrected chi connectivity index (χ2v) is 3.72. The SMILES string of the molecule is CC(=O)c1cc2c(cc1C)OCCCO2. The number of fused-ring (bicyclic) bond motifs is 1. The van der Waals surface area contributed by atoms with Gasteiger partial charge < -0.3 is 9.47 Å². The molecule has 1 aromatic rings. The zero-order valence-electron chi connectivity index (χ0n) is 9.00. The summed E-state index contributed by atoms with van der Waals surface area (Å²) in [5.74, 6) is 1.49. The van der Waals surface area contributed by atoms with E-state index in [0.717, 1.165) is 17.7 Å². The lowest BCUT2D eigenvalue weighted by atomic mass is 10.0. The molecule has 0 aromatic heterocycles. The topological polar surface area (TPSA) is 35.5 Å². The molecule has 3 heteroatoms. The Hall–Kier alpha value is -1.51. The maximum Gasteiger partial charge on any atom is 0.161 e. The van der Waals surface area contributed by atoms with Crippen LogP contribution >= 0.6 is 0 Å². The van der Waals surface area contributed by atoms with Crippen molar-refractivity contribution in [3.05, 3.63) is 23.3 Å². The van der Waals surface area contributed by atoms with E-state index in [9.17, 15) is 4.79 Å². The first-order valence-corrected chi connectivity index (χ1v) is 5.09. The van der Waals surface area contributed by atoms with Gasteiger partial charge in [-0.2, -0.15) is 0 Å². The molecular formula is C12H14O3. The molecule has 3 nitrogen and oxygen atoms in total. The van der Waals surface area contributed by atoms with Gasteiger partial charge in [0.05, 0.1) is 13.2 Å². The van der Waals surface area contributed by atoms with E-state index in [0.29, 0.717) is 24.5 Å². The van der Waals surface area contributed by atoms with E-state index in [1.54, 1.807) is 13.0 Å². The highest BCUT2D eigenvalue weighted by Gasteiger charge is 2.14. The summed E-state index contributed by atoms with van der Waals surface area (Å²) in [6.07, 6.45) is 0.878. The molecule has 0 bridgehead atoms. The van der Waals surface area contributed by atoms with Crippen molar-refractivity contribution in [2.45, 2.75) is 20.3 Å². The normalized spacial score (nSPS) is 14.5. The third-order valence-corrected chi connectivity index (χ3v) is 2.47. The van der Waals surface area contributed by atoms with Crippen molar-refractivity contribution >= 4 is 5.78 Å². The predicted molar refractivity (Wildman–Crippen MR) is 56.8 cm³/mol. The van der Waals surface area contributed by atoms with Crippen LogP contribution in [0.5, 0.6) is 11.5 Å². The second kappa shape index (κ2) is 3.93. The van der Waals surface area contributed by atoms with E-state index < -0.39 is 0 Å². The van der Waals surface area contributed by atoms with Gasteiger partial charge in [-0.25, -0.2) is 0 Å². The number of Topliss-reactive ketones (excluding diaryl/α,β-unsaturated/α-hetero) is 1. The van der Waals surface area contributed by atoms with Crippen molar-refractivity contribution < 1.29 is 14.3 Å². The molecule has 0 saturated heterocycles. The molecule has 2 rings (SSSR count). The van der Waals surface area contributed by atoms with Crippen LogP contribution in [0.1, 0.15) is 29.3 Å². The molecule has 0 atom stereocenters. The Labute approximate surface area is 89.0 Å². The Morgan fingerprint density at radius 3 is 2.40 bits per heavy atom. The zero-order valence-corrected chi connectivity index (χ0v) is 9.00. The molecule has 0 aliphatic carbocycles. The molecular weight excluding hydrogens is 192 g/mol. The molecule has 0 radical (unpaired) electrons. The summed E-state index contributed by atoms with van der Waals surface area (Å²) in [4.78, 5) is 11.3. The number of carbonyl (C=O) groups excluding carboxylic acids is 1. The van der Waals surface area contributed by atoms with Crippen molar-refractivity contribution in [1.29, 1.82) is 0 Å². The number of carbonyl (C=O) groups is 1. The Kier molecular flexibility index (Phi) is 2.62. The third kappa shape index (κ3) is 1.96. The fraction of sp³-hybridized carbons (Fsp3) is 0.417. The van der Waals surface area contributed by atoms with Gasteiger partial charge in [0.1, 0.15) is 0 Å². The standard InChI is InChI=1S/C12H14O3/c1-8-6-11-12(7-10(8)9(2)13)15-5-3-4-14-11/h6-7H,3-5H2,1-2H3. The van der Waals surface area contributed by atoms with E-state index in [4.69, 9.17) is 9.47 Å². The number of ketones is 1. The number of hydrogen-bond donors (Lipinski definition) is 0. The minimum Gasteiger partial charge on any atom is -0.490 e. The van der Waals surface area contributed by atoms with Crippen LogP contribution in [-0.2, 0) is 0 Å². The average molecular weight is 206 g/mol. The summed E-state index contributed by atoms with van der Waals surface area (Å²) in [6.45, 7) is 4.79. The van der Waals surface area contributed by atoms with E-state index in [2.05, 4.69) is 0 Å². The lowest BCUT2D eigenvalue weighted by molar-refractivity contribution is 0.101. The monoisotopic (exact) mass is 206 g/mol. The molecule has 0 fully saturated rings. The van der Waals surface area contributed by atoms with E-state index in [1.807, 2.05) is 13.0 Å². The average Bonchev–Trinajstić information content (AvgIpc) is 2.40. The molecule has 80 valence electrons. The lowest BCUT2D eigenvalue weighted by Crippen LogP contribution is -1.99. The van der Waals surface area contributed by atoms with Gasteiger partial charge in [-0.1, -0.05) is 0 Å². The predicted octanol–water partition coefficient (Wildman–Crippen LogP) is 2.36. The quantitative estimate of drug-likeness (QED) is 0.662. The first kappa shape index (κ1) is 10.0. The van der Waals surface area contributed by atoms with Crippen molar-refractivity contribution in [3.63, 3.8) is 0 Å². The molecule has 1 aliphatic heterocycles. The first-order chi connectivity index (χ1) is 7.18. The number of hydrogen-bond acceptors (Lipinski definition) is 3. The van der Waals surface area contributed by atoms with Crippen LogP contribution in [0.2, 0.25) is 0 Å². The molecule has 0 N–H and O–H groups in total. The van der Waals surface area contributed by atoms with Gasteiger partial charge in [-0.3, -0.25) is 4.79 Å². The Morgan fingerprint density at radius 1 is 1.20 bits per heavy atom. The van der Waals surface area contributed by atoms with Gasteiger partial charge in [0, 0.05) is 12.0 Å². The van der Waals surface area contributed by atoms with Crippen molar-refractivity contribution in [3.8, 4) is 11.5 Å². The third-order valence-electron chi connectivity index (χ3n) is 2.47. The fourth-order valence-electron chi connectivity index (χ4n) is 1.69. The highest BCUT2D eigenvalue weighted by atomic mass is 16.5. The van der Waals surface area contributed by atoms with Crippen LogP contribution in [0.4, 0.5) is 0 Å². The molecule has 0 saturated carbocycles. The van der Waals surface area contributed by atoms with Crippen LogP contribution in [0, 0.1) is 6.92 Å². The number of rotatable bonds is 1. The van der Waals surface area contributed by atoms with Crippen molar-refractivity contribution in [1.82, 2.24) is 0 Å². The molecule has 0 spiro atoms. The Morgan fingerprint density at radius 2 is 1.80 bits per heavy atom. The van der Waals surface area contributed by atoms with Crippen LogP contribution in [0.25, 0.3) is 0 Å². The van der Waals surface area contributed by atoms with Crippen LogP contribution in [0.3, 0.4) is 0 Å². The summed E-state index contributed by atoms with van der Waals surface area (Å²) in [5, 5.41) is 0. The summed E-state index contributed by atoms with van der Waals surface area (Å²) in [7, 11) is 0. The minimum atomic E-state index is 0.0585. The maximum atomic E-state index is 11.3. The Bertz CT molecular complexity index is 396. The molecule has 15 heavy (non-hydrogen) atoms. The van der Waals surface area contributed by atoms with Gasteiger partial charge in [0.2, 0.25) is 0 Å². The number of aryl methyl sites for hydroxylation is 1. The molecule has 1 aromatic carbocycles. The van der Waals surface area contributed by atoms with Gasteiger partial charge in [0.15, 0.2) is 17.3 Å². The largest absolute Gasteiger partial charge is 0.490 e. The van der Waals surface area contributed by atoms with Crippen molar-refractivity contribution in [2.75, 3.05) is 13.2 Å². The summed E-state index contributed by atoms with van der Waals surface area (Å²) in [6, 6.07) is 3.65. The minimum absolute atomic E-state index is 0.0585. The lowest BCUT2D eigenvalue weighted by Gasteiger charge is -2.10. The maximum absolute atomic E-state index is 11.3. The highest BCUT2D eigenvalue weighted by molar-refractivity contribution is 5.96. The first-order valence-electron chi connectivity index (χ1n) is 5.09. The van der Waals surface area contributed by atoms with Gasteiger partial charge >= 0.3 is 0 Å². The second-order valence-electron chi connectivity index (χ2n) is 3.72. The summed E-state index contributed by atoms with van der Waals surface area (Å²) in [5.41, 5.74) is 1.64. The number of ether oxygens (including phenoxy) is 2. The van der Waals surface area contributed by atoms with Crippen LogP contribution < -0.4 is 9.47 Å². The van der Waals surface area contributed by atoms with E-state index in [-0.39, 0.29) is 5.78 Å². The molecule has 1 heterocycles. The zero-order chi connectivity index (χ0) is 10.8. The summed E-state index contributed by atoms with van der Waals surface area (Å²) >= 11 is 0. The van der Waals surface area contributed by atoms with Gasteiger partial charge in [0.25, 0.3) is 0 Å². The van der Waals surface area contributed by atoms with Gasteiger partial charge in [-0.15, -0.1) is 0 Å². The summed E-state index contributed by atoms with van der Waals surface area (Å²) < 4.78 is 11.0.